The van der Waals surface area contributed by atoms with Gasteiger partial charge in [0.1, 0.15) is 5.75 Å². The summed E-state index contributed by atoms with van der Waals surface area (Å²) in [5.74, 6) is 0.945. The second kappa shape index (κ2) is 7.77. The predicted octanol–water partition coefficient (Wildman–Crippen LogP) is 1.61. The third kappa shape index (κ3) is 3.56. The lowest BCUT2D eigenvalue weighted by Gasteiger charge is -2.33. The molecule has 26 heavy (non-hydrogen) atoms. The molecule has 0 aliphatic carbocycles. The van der Waals surface area contributed by atoms with E-state index in [1.807, 2.05) is 12.1 Å². The number of ether oxygens (including phenoxy) is 3. The highest BCUT2D eigenvalue weighted by atomic mass is 16.5. The van der Waals surface area contributed by atoms with Crippen LogP contribution in [0.2, 0.25) is 0 Å². The Balaban J connectivity index is 1.78. The highest BCUT2D eigenvalue weighted by molar-refractivity contribution is 5.98. The number of carbonyl (C=O) groups is 2. The van der Waals surface area contributed by atoms with E-state index in [1.54, 1.807) is 36.4 Å². The summed E-state index contributed by atoms with van der Waals surface area (Å²) in [5.41, 5.74) is 0.612. The highest BCUT2D eigenvalue weighted by Crippen LogP contribution is 2.33. The van der Waals surface area contributed by atoms with Crippen LogP contribution in [-0.4, -0.2) is 45.2 Å². The van der Waals surface area contributed by atoms with Crippen molar-refractivity contribution in [3.05, 3.63) is 48.5 Å². The van der Waals surface area contributed by atoms with Gasteiger partial charge in [0.05, 0.1) is 19.3 Å². The van der Waals surface area contributed by atoms with Crippen LogP contribution in [0.3, 0.4) is 0 Å². The van der Waals surface area contributed by atoms with E-state index in [0.717, 1.165) is 0 Å². The minimum absolute atomic E-state index is 0.116. The smallest absolute Gasteiger partial charge is 0.265 e. The third-order valence-electron chi connectivity index (χ3n) is 4.03. The van der Waals surface area contributed by atoms with E-state index < -0.39 is 6.10 Å². The zero-order chi connectivity index (χ0) is 18.5. The Morgan fingerprint density at radius 1 is 1.15 bits per heavy atom. The van der Waals surface area contributed by atoms with Crippen LogP contribution < -0.4 is 24.4 Å². The van der Waals surface area contributed by atoms with Crippen LogP contribution in [0.5, 0.6) is 17.2 Å². The van der Waals surface area contributed by atoms with Gasteiger partial charge in [-0.15, -0.1) is 0 Å². The molecule has 7 nitrogen and oxygen atoms in total. The normalized spacial score (nSPS) is 15.5. The number of amides is 2. The Morgan fingerprint density at radius 3 is 2.58 bits per heavy atom. The second-order valence-corrected chi connectivity index (χ2v) is 5.63. The monoisotopic (exact) mass is 356 g/mol. The van der Waals surface area contributed by atoms with E-state index in [2.05, 4.69) is 5.32 Å². The van der Waals surface area contributed by atoms with Crippen molar-refractivity contribution >= 4 is 17.5 Å². The largest absolute Gasteiger partial charge is 0.493 e. The van der Waals surface area contributed by atoms with E-state index in [-0.39, 0.29) is 25.0 Å². The van der Waals surface area contributed by atoms with E-state index in [9.17, 15) is 9.59 Å². The maximum atomic E-state index is 12.8. The Hall–Kier alpha value is -3.22. The molecule has 0 spiro atoms. The summed E-state index contributed by atoms with van der Waals surface area (Å²) >= 11 is 0. The van der Waals surface area contributed by atoms with Crippen molar-refractivity contribution in [2.24, 2.45) is 0 Å². The van der Waals surface area contributed by atoms with Crippen LogP contribution in [0, 0.1) is 0 Å². The maximum absolute atomic E-state index is 12.8. The van der Waals surface area contributed by atoms with Crippen molar-refractivity contribution in [2.75, 3.05) is 32.2 Å². The number of carbonyl (C=O) groups excluding carboxylic acids is 2. The molecule has 0 radical (unpaired) electrons. The molecule has 1 aliphatic rings. The van der Waals surface area contributed by atoms with Crippen LogP contribution in [0.1, 0.15) is 0 Å². The number of nitrogens with zero attached hydrogens (tertiary/aromatic N) is 1. The van der Waals surface area contributed by atoms with Gasteiger partial charge in [-0.1, -0.05) is 24.3 Å². The van der Waals surface area contributed by atoms with E-state index in [1.165, 1.54) is 19.1 Å². The van der Waals surface area contributed by atoms with Gasteiger partial charge in [0.2, 0.25) is 0 Å². The third-order valence-corrected chi connectivity index (χ3v) is 4.03. The van der Waals surface area contributed by atoms with Gasteiger partial charge in [-0.25, -0.2) is 0 Å². The number of methoxy groups -OCH3 is 1. The van der Waals surface area contributed by atoms with Crippen LogP contribution in [-0.2, 0) is 9.59 Å². The van der Waals surface area contributed by atoms with Crippen molar-refractivity contribution in [1.82, 2.24) is 5.32 Å². The summed E-state index contributed by atoms with van der Waals surface area (Å²) in [6.07, 6.45) is -0.773. The molecule has 0 bridgehead atoms. The molecule has 1 heterocycles. The number of nitrogens with one attached hydrogen (secondary N) is 1. The molecule has 3 rings (SSSR count). The number of hydrogen-bond donors (Lipinski definition) is 1. The molecule has 2 aromatic rings. The van der Waals surface area contributed by atoms with Crippen molar-refractivity contribution in [3.8, 4) is 17.2 Å². The number of rotatable bonds is 5. The highest BCUT2D eigenvalue weighted by Gasteiger charge is 2.33. The molecule has 1 aliphatic heterocycles. The lowest BCUT2D eigenvalue weighted by Crippen LogP contribution is -2.51. The summed E-state index contributed by atoms with van der Waals surface area (Å²) in [4.78, 5) is 26.3. The molecular weight excluding hydrogens is 336 g/mol. The summed E-state index contributed by atoms with van der Waals surface area (Å²) in [5, 5.41) is 2.55. The number of hydrogen-bond acceptors (Lipinski definition) is 5. The molecule has 1 N–H and O–H groups in total. The van der Waals surface area contributed by atoms with Gasteiger partial charge in [-0.3, -0.25) is 9.59 Å². The fourth-order valence-electron chi connectivity index (χ4n) is 2.72. The van der Waals surface area contributed by atoms with Crippen LogP contribution in [0.4, 0.5) is 5.69 Å². The predicted molar refractivity (Wildman–Crippen MR) is 95.8 cm³/mol. The van der Waals surface area contributed by atoms with Gasteiger partial charge in [-0.2, -0.15) is 0 Å². The summed E-state index contributed by atoms with van der Waals surface area (Å²) in [6, 6.07) is 14.2. The minimum Gasteiger partial charge on any atom is -0.493 e. The molecule has 1 atom stereocenters. The SMILES string of the molecule is CNC(=O)[C@H]1CN(C(=O)COc2ccccc2OC)c2ccccc2O1. The summed E-state index contributed by atoms with van der Waals surface area (Å²) < 4.78 is 16.5. The first-order valence-corrected chi connectivity index (χ1v) is 8.17. The first-order chi connectivity index (χ1) is 12.6. The molecular formula is C19H20N2O5. The van der Waals surface area contributed by atoms with Gasteiger partial charge < -0.3 is 24.4 Å². The lowest BCUT2D eigenvalue weighted by atomic mass is 10.1. The summed E-state index contributed by atoms with van der Waals surface area (Å²) in [6.45, 7) is -0.0695. The molecule has 136 valence electrons. The van der Waals surface area contributed by atoms with E-state index in [0.29, 0.717) is 22.9 Å². The first kappa shape index (κ1) is 17.6. The lowest BCUT2D eigenvalue weighted by molar-refractivity contribution is -0.128. The molecule has 0 saturated carbocycles. The Morgan fingerprint density at radius 2 is 1.85 bits per heavy atom. The van der Waals surface area contributed by atoms with Gasteiger partial charge in [0.25, 0.3) is 11.8 Å². The van der Waals surface area contributed by atoms with Crippen LogP contribution >= 0.6 is 0 Å². The molecule has 2 amide bonds. The number of fused-ring (bicyclic) bond motifs is 1. The van der Waals surface area contributed by atoms with E-state index >= 15 is 0 Å². The van der Waals surface area contributed by atoms with Gasteiger partial charge in [0.15, 0.2) is 24.2 Å². The minimum atomic E-state index is -0.773. The molecule has 0 saturated heterocycles. The van der Waals surface area contributed by atoms with Crippen LogP contribution in [0.25, 0.3) is 0 Å². The van der Waals surface area contributed by atoms with Gasteiger partial charge in [0, 0.05) is 7.05 Å². The van der Waals surface area contributed by atoms with Crippen molar-refractivity contribution < 1.29 is 23.8 Å². The van der Waals surface area contributed by atoms with Crippen molar-refractivity contribution in [2.45, 2.75) is 6.10 Å². The number of para-hydroxylation sites is 4. The number of likely N-dealkylation sites (N-methyl/N-ethyl adjacent to an activating group) is 1. The zero-order valence-corrected chi connectivity index (χ0v) is 14.6. The Bertz CT molecular complexity index is 808. The maximum Gasteiger partial charge on any atom is 0.265 e. The average Bonchev–Trinajstić information content (AvgIpc) is 2.70. The molecule has 7 heteroatoms. The van der Waals surface area contributed by atoms with Crippen molar-refractivity contribution in [3.63, 3.8) is 0 Å². The molecule has 0 unspecified atom stereocenters. The quantitative estimate of drug-likeness (QED) is 0.881. The number of anilines is 1. The molecule has 2 aromatic carbocycles. The Kier molecular flexibility index (Phi) is 5.26. The Labute approximate surface area is 151 Å². The van der Waals surface area contributed by atoms with Crippen LogP contribution in [0.15, 0.2) is 48.5 Å². The molecule has 0 aromatic heterocycles. The zero-order valence-electron chi connectivity index (χ0n) is 14.6. The average molecular weight is 356 g/mol. The van der Waals surface area contributed by atoms with E-state index in [4.69, 9.17) is 14.2 Å². The fraction of sp³-hybridized carbons (Fsp3) is 0.263. The fourth-order valence-corrected chi connectivity index (χ4v) is 2.72. The molecule has 0 fully saturated rings. The standard InChI is InChI=1S/C19H20N2O5/c1-20-19(23)17-11-21(13-7-3-4-8-14(13)26-17)18(22)12-25-16-10-6-5-9-15(16)24-2/h3-10,17H,11-12H2,1-2H3,(H,20,23)/t17-/m1/s1. The second-order valence-electron chi connectivity index (χ2n) is 5.63. The van der Waals surface area contributed by atoms with Gasteiger partial charge in [-0.05, 0) is 24.3 Å². The number of benzene rings is 2. The van der Waals surface area contributed by atoms with Crippen molar-refractivity contribution in [1.29, 1.82) is 0 Å². The van der Waals surface area contributed by atoms with Gasteiger partial charge >= 0.3 is 0 Å². The summed E-state index contributed by atoms with van der Waals surface area (Å²) in [7, 11) is 3.07. The first-order valence-electron chi connectivity index (χ1n) is 8.17. The topological polar surface area (TPSA) is 77.1 Å².